The monoisotopic (exact) mass is 322 g/mol. The van der Waals surface area contributed by atoms with Crippen LogP contribution in [0, 0.1) is 0 Å². The highest BCUT2D eigenvalue weighted by Crippen LogP contribution is 2.18. The molecule has 0 aliphatic heterocycles. The van der Waals surface area contributed by atoms with Gasteiger partial charge in [0.15, 0.2) is 5.65 Å². The van der Waals surface area contributed by atoms with Crippen LogP contribution in [0.5, 0.6) is 5.75 Å². The first-order chi connectivity index (χ1) is 11.0. The maximum Gasteiger partial charge on any atom is 0.332 e. The third-order valence-electron chi connectivity index (χ3n) is 3.34. The van der Waals surface area contributed by atoms with E-state index >= 15 is 0 Å². The number of carbonyl (C=O) groups excluding carboxylic acids is 1. The van der Waals surface area contributed by atoms with Crippen molar-refractivity contribution < 1.29 is 14.3 Å². The first kappa shape index (κ1) is 16.7. The van der Waals surface area contributed by atoms with Crippen molar-refractivity contribution in [3.8, 4) is 5.75 Å². The van der Waals surface area contributed by atoms with Crippen molar-refractivity contribution >= 4 is 16.9 Å². The number of nitrogens with one attached hydrogen (secondary N) is 1. The van der Waals surface area contributed by atoms with Gasteiger partial charge < -0.3 is 14.8 Å². The molecule has 2 aromatic rings. The maximum atomic E-state index is 12.6. The van der Waals surface area contributed by atoms with Crippen LogP contribution in [0.2, 0.25) is 0 Å². The molecule has 2 heterocycles. The zero-order chi connectivity index (χ0) is 17.0. The number of aryl methyl sites for hydroxylation is 1. The van der Waals surface area contributed by atoms with Crippen molar-refractivity contribution in [1.82, 2.24) is 19.4 Å². The Kier molecular flexibility index (Phi) is 5.12. The Morgan fingerprint density at radius 1 is 1.35 bits per heavy atom. The van der Waals surface area contributed by atoms with Crippen LogP contribution in [0.4, 0.5) is 0 Å². The molecule has 0 aliphatic carbocycles. The standard InChI is InChI=1S/C14H18N4O5/c1-17-12-11(9(23-3)4-5-16-12)13(20)18(14(17)21)8-10(19)15-6-7-22-2/h4-5H,6-8H2,1-3H3,(H,15,19). The lowest BCUT2D eigenvalue weighted by atomic mass is 10.3. The van der Waals surface area contributed by atoms with Gasteiger partial charge in [0.25, 0.3) is 5.56 Å². The van der Waals surface area contributed by atoms with Crippen LogP contribution in [0.1, 0.15) is 0 Å². The van der Waals surface area contributed by atoms with Gasteiger partial charge in [-0.1, -0.05) is 0 Å². The molecule has 9 nitrogen and oxygen atoms in total. The van der Waals surface area contributed by atoms with Gasteiger partial charge in [-0.05, 0) is 6.07 Å². The van der Waals surface area contributed by atoms with E-state index in [2.05, 4.69) is 10.3 Å². The number of amides is 1. The lowest BCUT2D eigenvalue weighted by Crippen LogP contribution is -2.43. The Labute approximate surface area is 131 Å². The molecule has 1 amide bonds. The number of nitrogens with zero attached hydrogens (tertiary/aromatic N) is 3. The second kappa shape index (κ2) is 7.05. The minimum Gasteiger partial charge on any atom is -0.496 e. The van der Waals surface area contributed by atoms with Crippen LogP contribution >= 0.6 is 0 Å². The number of methoxy groups -OCH3 is 2. The van der Waals surface area contributed by atoms with E-state index < -0.39 is 17.2 Å². The Morgan fingerprint density at radius 3 is 2.74 bits per heavy atom. The number of fused-ring (bicyclic) bond motifs is 1. The van der Waals surface area contributed by atoms with E-state index in [-0.39, 0.29) is 17.6 Å². The first-order valence-electron chi connectivity index (χ1n) is 6.89. The minimum atomic E-state index is -0.620. The van der Waals surface area contributed by atoms with Gasteiger partial charge in [0.05, 0.1) is 13.7 Å². The second-order valence-electron chi connectivity index (χ2n) is 4.79. The van der Waals surface area contributed by atoms with E-state index in [1.54, 1.807) is 0 Å². The second-order valence-corrected chi connectivity index (χ2v) is 4.79. The van der Waals surface area contributed by atoms with E-state index in [0.717, 1.165) is 4.57 Å². The molecular weight excluding hydrogens is 304 g/mol. The molecule has 2 rings (SSSR count). The molecule has 0 radical (unpaired) electrons. The van der Waals surface area contributed by atoms with Crippen molar-refractivity contribution in [3.05, 3.63) is 33.1 Å². The van der Waals surface area contributed by atoms with Crippen LogP contribution in [0.25, 0.3) is 11.0 Å². The molecule has 2 aromatic heterocycles. The molecule has 0 fully saturated rings. The molecule has 124 valence electrons. The highest BCUT2D eigenvalue weighted by Gasteiger charge is 2.17. The van der Waals surface area contributed by atoms with Gasteiger partial charge >= 0.3 is 5.69 Å². The zero-order valence-corrected chi connectivity index (χ0v) is 13.2. The predicted molar refractivity (Wildman–Crippen MR) is 82.7 cm³/mol. The van der Waals surface area contributed by atoms with Crippen LogP contribution in [0.15, 0.2) is 21.9 Å². The highest BCUT2D eigenvalue weighted by molar-refractivity contribution is 5.81. The Morgan fingerprint density at radius 2 is 2.09 bits per heavy atom. The number of pyridine rings is 1. The summed E-state index contributed by atoms with van der Waals surface area (Å²) >= 11 is 0. The van der Waals surface area contributed by atoms with Crippen molar-refractivity contribution in [2.45, 2.75) is 6.54 Å². The average molecular weight is 322 g/mol. The fourth-order valence-electron chi connectivity index (χ4n) is 2.18. The largest absolute Gasteiger partial charge is 0.496 e. The number of carbonyl (C=O) groups is 1. The normalized spacial score (nSPS) is 10.7. The van der Waals surface area contributed by atoms with Gasteiger partial charge in [0.2, 0.25) is 5.91 Å². The summed E-state index contributed by atoms with van der Waals surface area (Å²) in [6, 6.07) is 1.53. The van der Waals surface area contributed by atoms with Gasteiger partial charge in [-0.15, -0.1) is 0 Å². The van der Waals surface area contributed by atoms with Gasteiger partial charge in [-0.3, -0.25) is 14.2 Å². The summed E-state index contributed by atoms with van der Waals surface area (Å²) in [4.78, 5) is 40.8. The fraction of sp³-hybridized carbons (Fsp3) is 0.429. The van der Waals surface area contributed by atoms with Crippen molar-refractivity contribution in [2.75, 3.05) is 27.4 Å². The molecule has 23 heavy (non-hydrogen) atoms. The van der Waals surface area contributed by atoms with Crippen LogP contribution in [-0.4, -0.2) is 47.4 Å². The minimum absolute atomic E-state index is 0.154. The molecule has 9 heteroatoms. The quantitative estimate of drug-likeness (QED) is 0.675. The van der Waals surface area contributed by atoms with Crippen LogP contribution in [-0.2, 0) is 23.1 Å². The molecule has 0 aliphatic rings. The summed E-state index contributed by atoms with van der Waals surface area (Å²) in [5.74, 6) is -0.160. The Balaban J connectivity index is 2.51. The summed E-state index contributed by atoms with van der Waals surface area (Å²) < 4.78 is 12.0. The Bertz CT molecular complexity index is 839. The topological polar surface area (TPSA) is 104 Å². The van der Waals surface area contributed by atoms with E-state index in [1.807, 2.05) is 0 Å². The summed E-state index contributed by atoms with van der Waals surface area (Å²) in [6.45, 7) is 0.250. The van der Waals surface area contributed by atoms with Gasteiger partial charge in [-0.25, -0.2) is 14.3 Å². The van der Waals surface area contributed by atoms with E-state index in [0.29, 0.717) is 18.9 Å². The Hall–Kier alpha value is -2.68. The number of hydrogen-bond acceptors (Lipinski definition) is 6. The molecule has 0 aromatic carbocycles. The maximum absolute atomic E-state index is 12.6. The average Bonchev–Trinajstić information content (AvgIpc) is 2.56. The summed E-state index contributed by atoms with van der Waals surface area (Å²) in [5, 5.41) is 2.72. The van der Waals surface area contributed by atoms with E-state index in [4.69, 9.17) is 9.47 Å². The molecule has 0 bridgehead atoms. The SMILES string of the molecule is COCCNC(=O)Cn1c(=O)c2c(OC)ccnc2n(C)c1=O. The molecule has 0 unspecified atom stereocenters. The number of rotatable bonds is 6. The first-order valence-corrected chi connectivity index (χ1v) is 6.89. The number of hydrogen-bond donors (Lipinski definition) is 1. The van der Waals surface area contributed by atoms with E-state index in [1.165, 1.54) is 38.1 Å². The highest BCUT2D eigenvalue weighted by atomic mass is 16.5. The zero-order valence-electron chi connectivity index (χ0n) is 13.2. The van der Waals surface area contributed by atoms with Crippen molar-refractivity contribution in [1.29, 1.82) is 0 Å². The lowest BCUT2D eigenvalue weighted by molar-refractivity contribution is -0.121. The third-order valence-corrected chi connectivity index (χ3v) is 3.34. The molecule has 0 saturated carbocycles. The van der Waals surface area contributed by atoms with Crippen molar-refractivity contribution in [2.24, 2.45) is 7.05 Å². The molecule has 1 N–H and O–H groups in total. The summed E-state index contributed by atoms with van der Waals surface area (Å²) in [6.07, 6.45) is 1.45. The van der Waals surface area contributed by atoms with Gasteiger partial charge in [0, 0.05) is 26.9 Å². The summed E-state index contributed by atoms with van der Waals surface area (Å²) in [7, 11) is 4.41. The number of aromatic nitrogens is 3. The lowest BCUT2D eigenvalue weighted by Gasteiger charge is -2.12. The van der Waals surface area contributed by atoms with Crippen LogP contribution < -0.4 is 21.3 Å². The van der Waals surface area contributed by atoms with Gasteiger partial charge in [0.1, 0.15) is 17.7 Å². The fourth-order valence-corrected chi connectivity index (χ4v) is 2.18. The number of ether oxygens (including phenoxy) is 2. The molecular formula is C14H18N4O5. The van der Waals surface area contributed by atoms with Gasteiger partial charge in [-0.2, -0.15) is 0 Å². The van der Waals surface area contributed by atoms with Crippen molar-refractivity contribution in [3.63, 3.8) is 0 Å². The molecule has 0 atom stereocenters. The van der Waals surface area contributed by atoms with E-state index in [9.17, 15) is 14.4 Å². The smallest absolute Gasteiger partial charge is 0.332 e. The molecule has 0 spiro atoms. The van der Waals surface area contributed by atoms with Crippen LogP contribution in [0.3, 0.4) is 0 Å². The third kappa shape index (κ3) is 3.24. The predicted octanol–water partition coefficient (Wildman–Crippen LogP) is -1.13. The summed E-state index contributed by atoms with van der Waals surface area (Å²) in [5.41, 5.74) is -1.03. The molecule has 0 saturated heterocycles.